The van der Waals surface area contributed by atoms with Crippen molar-refractivity contribution >= 4 is 5.91 Å². The van der Waals surface area contributed by atoms with Crippen molar-refractivity contribution < 1.29 is 13.9 Å². The molecule has 1 unspecified atom stereocenters. The number of nitrogens with two attached hydrogens (primary N) is 1. The molecule has 0 bridgehead atoms. The summed E-state index contributed by atoms with van der Waals surface area (Å²) in [5.41, 5.74) is 5.34. The summed E-state index contributed by atoms with van der Waals surface area (Å²) in [5, 5.41) is 2.61. The number of para-hydroxylation sites is 1. The highest BCUT2D eigenvalue weighted by Crippen LogP contribution is 2.14. The first kappa shape index (κ1) is 12.4. The molecule has 0 spiro atoms. The molecule has 0 heterocycles. The van der Waals surface area contributed by atoms with Crippen molar-refractivity contribution in [3.8, 4) is 5.75 Å². The summed E-state index contributed by atoms with van der Waals surface area (Å²) in [4.78, 5) is 11.3. The van der Waals surface area contributed by atoms with Gasteiger partial charge in [0.25, 0.3) is 5.91 Å². The van der Waals surface area contributed by atoms with Crippen LogP contribution in [0.25, 0.3) is 0 Å². The highest BCUT2D eigenvalue weighted by Gasteiger charge is 2.08. The fraction of sp³-hybridized carbons (Fsp3) is 0.364. The SMILES string of the molecule is CC(CN)NC(=O)COc1ccccc1F. The van der Waals surface area contributed by atoms with Gasteiger partial charge in [0.1, 0.15) is 0 Å². The highest BCUT2D eigenvalue weighted by molar-refractivity contribution is 5.77. The van der Waals surface area contributed by atoms with Crippen LogP contribution < -0.4 is 15.8 Å². The molecule has 0 aromatic heterocycles. The predicted octanol–water partition coefficient (Wildman–Crippen LogP) is 0.668. The molecule has 1 amide bonds. The van der Waals surface area contributed by atoms with Crippen LogP contribution in [0, 0.1) is 5.82 Å². The third-order valence-electron chi connectivity index (χ3n) is 1.96. The number of amides is 1. The zero-order chi connectivity index (χ0) is 12.0. The Balaban J connectivity index is 2.40. The summed E-state index contributed by atoms with van der Waals surface area (Å²) in [5.74, 6) is -0.735. The van der Waals surface area contributed by atoms with Gasteiger partial charge >= 0.3 is 0 Å². The van der Waals surface area contributed by atoms with Crippen LogP contribution in [0.4, 0.5) is 4.39 Å². The molecular formula is C11H15FN2O2. The predicted molar refractivity (Wildman–Crippen MR) is 58.6 cm³/mol. The van der Waals surface area contributed by atoms with Gasteiger partial charge in [0.05, 0.1) is 0 Å². The van der Waals surface area contributed by atoms with Gasteiger partial charge in [0, 0.05) is 12.6 Å². The maximum atomic E-state index is 13.1. The molecular weight excluding hydrogens is 211 g/mol. The molecule has 0 fully saturated rings. The second-order valence-electron chi connectivity index (χ2n) is 3.42. The standard InChI is InChI=1S/C11H15FN2O2/c1-8(6-13)14-11(15)7-16-10-5-3-2-4-9(10)12/h2-5,8H,6-7,13H2,1H3,(H,14,15). The first-order chi connectivity index (χ1) is 7.63. The van der Waals surface area contributed by atoms with E-state index < -0.39 is 5.82 Å². The van der Waals surface area contributed by atoms with Crippen LogP contribution in [0.15, 0.2) is 24.3 Å². The van der Waals surface area contributed by atoms with E-state index in [0.29, 0.717) is 6.54 Å². The lowest BCUT2D eigenvalue weighted by Gasteiger charge is -2.12. The molecule has 3 N–H and O–H groups in total. The average Bonchev–Trinajstić information content (AvgIpc) is 2.28. The van der Waals surface area contributed by atoms with Crippen LogP contribution in [0.3, 0.4) is 0 Å². The fourth-order valence-corrected chi connectivity index (χ4v) is 1.08. The van der Waals surface area contributed by atoms with Crippen molar-refractivity contribution in [3.63, 3.8) is 0 Å². The molecule has 4 nitrogen and oxygen atoms in total. The first-order valence-corrected chi connectivity index (χ1v) is 5.00. The number of nitrogens with one attached hydrogen (secondary N) is 1. The Labute approximate surface area is 93.6 Å². The van der Waals surface area contributed by atoms with Crippen LogP contribution in [0.1, 0.15) is 6.92 Å². The summed E-state index contributed by atoms with van der Waals surface area (Å²) in [6.45, 7) is 1.91. The van der Waals surface area contributed by atoms with Gasteiger partial charge in [-0.25, -0.2) is 4.39 Å². The van der Waals surface area contributed by atoms with E-state index in [1.54, 1.807) is 19.1 Å². The number of rotatable bonds is 5. The lowest BCUT2D eigenvalue weighted by molar-refractivity contribution is -0.123. The Morgan fingerprint density at radius 1 is 1.56 bits per heavy atom. The molecule has 1 rings (SSSR count). The van der Waals surface area contributed by atoms with Gasteiger partial charge in [-0.15, -0.1) is 0 Å². The average molecular weight is 226 g/mol. The minimum atomic E-state index is -0.484. The lowest BCUT2D eigenvalue weighted by atomic mass is 10.3. The van der Waals surface area contributed by atoms with E-state index in [1.807, 2.05) is 0 Å². The smallest absolute Gasteiger partial charge is 0.258 e. The third kappa shape index (κ3) is 3.86. The summed E-state index contributed by atoms with van der Waals surface area (Å²) in [6, 6.07) is 5.82. The molecule has 5 heteroatoms. The van der Waals surface area contributed by atoms with E-state index in [9.17, 15) is 9.18 Å². The van der Waals surface area contributed by atoms with Gasteiger partial charge in [0.2, 0.25) is 0 Å². The number of hydrogen-bond donors (Lipinski definition) is 2. The molecule has 1 aromatic carbocycles. The van der Waals surface area contributed by atoms with Crippen molar-refractivity contribution in [2.45, 2.75) is 13.0 Å². The summed E-state index contributed by atoms with van der Waals surface area (Å²) in [6.07, 6.45) is 0. The Bertz CT molecular complexity index is 358. The van der Waals surface area contributed by atoms with Gasteiger partial charge in [-0.05, 0) is 19.1 Å². The topological polar surface area (TPSA) is 64.3 Å². The van der Waals surface area contributed by atoms with Gasteiger partial charge < -0.3 is 15.8 Å². The van der Waals surface area contributed by atoms with E-state index in [4.69, 9.17) is 10.5 Å². The largest absolute Gasteiger partial charge is 0.481 e. The number of carbonyl (C=O) groups is 1. The highest BCUT2D eigenvalue weighted by atomic mass is 19.1. The number of hydrogen-bond acceptors (Lipinski definition) is 3. The van der Waals surface area contributed by atoms with Crippen molar-refractivity contribution in [3.05, 3.63) is 30.1 Å². The summed E-state index contributed by atoms with van der Waals surface area (Å²) < 4.78 is 18.1. The zero-order valence-electron chi connectivity index (χ0n) is 9.07. The van der Waals surface area contributed by atoms with E-state index in [2.05, 4.69) is 5.32 Å². The van der Waals surface area contributed by atoms with Crippen molar-refractivity contribution in [1.82, 2.24) is 5.32 Å². The van der Waals surface area contributed by atoms with Crippen molar-refractivity contribution in [2.24, 2.45) is 5.73 Å². The van der Waals surface area contributed by atoms with Crippen LogP contribution in [-0.2, 0) is 4.79 Å². The van der Waals surface area contributed by atoms with Crippen LogP contribution in [0.5, 0.6) is 5.75 Å². The van der Waals surface area contributed by atoms with E-state index in [0.717, 1.165) is 0 Å². The normalized spacial score (nSPS) is 11.9. The maximum absolute atomic E-state index is 13.1. The molecule has 16 heavy (non-hydrogen) atoms. The monoisotopic (exact) mass is 226 g/mol. The lowest BCUT2D eigenvalue weighted by Crippen LogP contribution is -2.40. The minimum absolute atomic E-state index is 0.0676. The molecule has 0 aliphatic heterocycles. The Morgan fingerprint density at radius 3 is 2.88 bits per heavy atom. The molecule has 0 saturated heterocycles. The first-order valence-electron chi connectivity index (χ1n) is 5.00. The molecule has 0 radical (unpaired) electrons. The minimum Gasteiger partial charge on any atom is -0.481 e. The van der Waals surface area contributed by atoms with Crippen molar-refractivity contribution in [2.75, 3.05) is 13.2 Å². The summed E-state index contributed by atoms with van der Waals surface area (Å²) in [7, 11) is 0. The molecule has 0 aliphatic rings. The van der Waals surface area contributed by atoms with E-state index in [1.165, 1.54) is 12.1 Å². The second-order valence-corrected chi connectivity index (χ2v) is 3.42. The van der Waals surface area contributed by atoms with Crippen LogP contribution in [-0.4, -0.2) is 25.1 Å². The molecule has 0 aliphatic carbocycles. The Kier molecular flexibility index (Phi) is 4.72. The molecule has 88 valence electrons. The molecule has 1 atom stereocenters. The Morgan fingerprint density at radius 2 is 2.25 bits per heavy atom. The fourth-order valence-electron chi connectivity index (χ4n) is 1.08. The number of benzene rings is 1. The van der Waals surface area contributed by atoms with E-state index >= 15 is 0 Å². The van der Waals surface area contributed by atoms with Crippen LogP contribution >= 0.6 is 0 Å². The van der Waals surface area contributed by atoms with Gasteiger partial charge in [0.15, 0.2) is 18.2 Å². The maximum Gasteiger partial charge on any atom is 0.258 e. The zero-order valence-corrected chi connectivity index (χ0v) is 9.07. The van der Waals surface area contributed by atoms with Crippen molar-refractivity contribution in [1.29, 1.82) is 0 Å². The van der Waals surface area contributed by atoms with E-state index in [-0.39, 0.29) is 24.3 Å². The molecule has 1 aromatic rings. The second kappa shape index (κ2) is 6.07. The van der Waals surface area contributed by atoms with Gasteiger partial charge in [-0.1, -0.05) is 12.1 Å². The van der Waals surface area contributed by atoms with Crippen LogP contribution in [0.2, 0.25) is 0 Å². The molecule has 0 saturated carbocycles. The third-order valence-corrected chi connectivity index (χ3v) is 1.96. The number of carbonyl (C=O) groups excluding carboxylic acids is 1. The summed E-state index contributed by atoms with van der Waals surface area (Å²) >= 11 is 0. The van der Waals surface area contributed by atoms with Gasteiger partial charge in [-0.3, -0.25) is 4.79 Å². The Hall–Kier alpha value is -1.62. The number of halogens is 1. The number of ether oxygens (including phenoxy) is 1. The van der Waals surface area contributed by atoms with Gasteiger partial charge in [-0.2, -0.15) is 0 Å². The quantitative estimate of drug-likeness (QED) is 0.775.